The van der Waals surface area contributed by atoms with Gasteiger partial charge in [-0.2, -0.15) is 0 Å². The normalized spacial score (nSPS) is 13.5. The van der Waals surface area contributed by atoms with Crippen molar-refractivity contribution in [1.82, 2.24) is 4.90 Å². The van der Waals surface area contributed by atoms with E-state index in [4.69, 9.17) is 0 Å². The molecule has 1 nitrogen and oxygen atoms in total. The van der Waals surface area contributed by atoms with Crippen molar-refractivity contribution in [3.63, 3.8) is 0 Å². The number of allylic oxidation sites excluding steroid dienone is 1. The van der Waals surface area contributed by atoms with Crippen LogP contribution in [0.3, 0.4) is 0 Å². The molecule has 0 heterocycles. The van der Waals surface area contributed by atoms with Crippen LogP contribution in [0.5, 0.6) is 0 Å². The Morgan fingerprint density at radius 2 is 2.00 bits per heavy atom. The van der Waals surface area contributed by atoms with Crippen molar-refractivity contribution < 1.29 is 0 Å². The van der Waals surface area contributed by atoms with Gasteiger partial charge in [-0.15, -0.1) is 6.58 Å². The summed E-state index contributed by atoms with van der Waals surface area (Å²) in [6, 6.07) is 0. The Kier molecular flexibility index (Phi) is 6.24. The molecule has 1 unspecified atom stereocenters. The van der Waals surface area contributed by atoms with E-state index in [1.54, 1.807) is 0 Å². The van der Waals surface area contributed by atoms with Crippen LogP contribution < -0.4 is 0 Å². The van der Waals surface area contributed by atoms with Gasteiger partial charge >= 0.3 is 0 Å². The van der Waals surface area contributed by atoms with Crippen LogP contribution in [-0.2, 0) is 0 Å². The first-order chi connectivity index (χ1) is 5.20. The maximum Gasteiger partial charge on any atom is -0.00192 e. The molecule has 0 saturated carbocycles. The third-order valence-electron chi connectivity index (χ3n) is 1.94. The van der Waals surface area contributed by atoms with E-state index in [-0.39, 0.29) is 0 Å². The molecule has 0 aliphatic carbocycles. The maximum atomic E-state index is 3.84. The SMILES string of the molecule is C=CC(CCC)CCN(C)C. The number of hydrogen-bond acceptors (Lipinski definition) is 1. The largest absolute Gasteiger partial charge is 0.309 e. The first kappa shape index (κ1) is 10.7. The summed E-state index contributed by atoms with van der Waals surface area (Å²) < 4.78 is 0. The number of rotatable bonds is 6. The Hall–Kier alpha value is -0.300. The molecule has 1 heteroatoms. The molecule has 0 amide bonds. The lowest BCUT2D eigenvalue weighted by Crippen LogP contribution is -2.15. The Morgan fingerprint density at radius 1 is 1.36 bits per heavy atom. The van der Waals surface area contributed by atoms with Crippen molar-refractivity contribution in [3.8, 4) is 0 Å². The predicted octanol–water partition coefficient (Wildman–Crippen LogP) is 2.54. The Bertz CT molecular complexity index is 97.0. The molecule has 0 N–H and O–H groups in total. The van der Waals surface area contributed by atoms with Crippen LogP contribution in [-0.4, -0.2) is 25.5 Å². The maximum absolute atomic E-state index is 3.84. The van der Waals surface area contributed by atoms with Crippen LogP contribution in [0.4, 0.5) is 0 Å². The molecule has 0 bridgehead atoms. The van der Waals surface area contributed by atoms with Crippen LogP contribution in [0.25, 0.3) is 0 Å². The Labute approximate surface area is 71.1 Å². The molecule has 66 valence electrons. The van der Waals surface area contributed by atoms with Gasteiger partial charge < -0.3 is 4.90 Å². The summed E-state index contributed by atoms with van der Waals surface area (Å²) in [6.45, 7) is 7.24. The van der Waals surface area contributed by atoms with E-state index in [2.05, 4.69) is 38.6 Å². The van der Waals surface area contributed by atoms with E-state index >= 15 is 0 Å². The highest BCUT2D eigenvalue weighted by Gasteiger charge is 2.02. The zero-order valence-electron chi connectivity index (χ0n) is 8.14. The molecule has 0 aromatic heterocycles. The molecule has 0 aromatic rings. The first-order valence-corrected chi connectivity index (χ1v) is 4.48. The van der Waals surface area contributed by atoms with Gasteiger partial charge in [0.25, 0.3) is 0 Å². The van der Waals surface area contributed by atoms with Crippen LogP contribution in [0.2, 0.25) is 0 Å². The van der Waals surface area contributed by atoms with Crippen LogP contribution in [0, 0.1) is 5.92 Å². The topological polar surface area (TPSA) is 3.24 Å². The van der Waals surface area contributed by atoms with Gasteiger partial charge in [0, 0.05) is 0 Å². The van der Waals surface area contributed by atoms with Gasteiger partial charge in [-0.1, -0.05) is 19.4 Å². The quantitative estimate of drug-likeness (QED) is 0.533. The molecule has 0 aromatic carbocycles. The van der Waals surface area contributed by atoms with Crippen molar-refractivity contribution in [2.75, 3.05) is 20.6 Å². The lowest BCUT2D eigenvalue weighted by molar-refractivity contribution is 0.365. The molecule has 0 rings (SSSR count). The summed E-state index contributed by atoms with van der Waals surface area (Å²) in [7, 11) is 4.23. The van der Waals surface area contributed by atoms with Gasteiger partial charge in [0.05, 0.1) is 0 Å². The number of hydrogen-bond donors (Lipinski definition) is 0. The van der Waals surface area contributed by atoms with Gasteiger partial charge in [0.2, 0.25) is 0 Å². The lowest BCUT2D eigenvalue weighted by atomic mass is 10.00. The molecule has 0 fully saturated rings. The highest BCUT2D eigenvalue weighted by Crippen LogP contribution is 2.11. The Balaban J connectivity index is 3.43. The average molecular weight is 155 g/mol. The summed E-state index contributed by atoms with van der Waals surface area (Å²) in [5.74, 6) is 0.724. The van der Waals surface area contributed by atoms with Gasteiger partial charge in [0.15, 0.2) is 0 Å². The van der Waals surface area contributed by atoms with Crippen molar-refractivity contribution in [3.05, 3.63) is 12.7 Å². The van der Waals surface area contributed by atoms with Gasteiger partial charge in [-0.3, -0.25) is 0 Å². The second-order valence-corrected chi connectivity index (χ2v) is 3.38. The third-order valence-corrected chi connectivity index (χ3v) is 1.94. The van der Waals surface area contributed by atoms with Crippen molar-refractivity contribution in [2.24, 2.45) is 5.92 Å². The van der Waals surface area contributed by atoms with Crippen LogP contribution in [0.1, 0.15) is 26.2 Å². The predicted molar refractivity (Wildman–Crippen MR) is 51.8 cm³/mol. The molecule has 0 radical (unpaired) electrons. The lowest BCUT2D eigenvalue weighted by Gasteiger charge is -2.14. The summed E-state index contributed by atoms with van der Waals surface area (Å²) in [4.78, 5) is 2.23. The van der Waals surface area contributed by atoms with Crippen molar-refractivity contribution in [2.45, 2.75) is 26.2 Å². The van der Waals surface area contributed by atoms with E-state index in [1.165, 1.54) is 25.8 Å². The fraction of sp³-hybridized carbons (Fsp3) is 0.800. The minimum Gasteiger partial charge on any atom is -0.309 e. The monoisotopic (exact) mass is 155 g/mol. The zero-order valence-corrected chi connectivity index (χ0v) is 8.14. The van der Waals surface area contributed by atoms with Crippen LogP contribution in [0.15, 0.2) is 12.7 Å². The van der Waals surface area contributed by atoms with E-state index in [0.717, 1.165) is 5.92 Å². The average Bonchev–Trinajstić information content (AvgIpc) is 1.97. The van der Waals surface area contributed by atoms with Crippen molar-refractivity contribution >= 4 is 0 Å². The van der Waals surface area contributed by atoms with Crippen LogP contribution >= 0.6 is 0 Å². The minimum absolute atomic E-state index is 0.724. The number of nitrogens with zero attached hydrogens (tertiary/aromatic N) is 1. The summed E-state index contributed by atoms with van der Waals surface area (Å²) in [6.07, 6.45) is 5.90. The Morgan fingerprint density at radius 3 is 2.36 bits per heavy atom. The molecular formula is C10H21N. The highest BCUT2D eigenvalue weighted by molar-refractivity contribution is 4.78. The first-order valence-electron chi connectivity index (χ1n) is 4.48. The van der Waals surface area contributed by atoms with Gasteiger partial charge in [-0.25, -0.2) is 0 Å². The van der Waals surface area contributed by atoms with Gasteiger partial charge in [-0.05, 0) is 39.4 Å². The fourth-order valence-corrected chi connectivity index (χ4v) is 1.17. The van der Waals surface area contributed by atoms with E-state index in [9.17, 15) is 0 Å². The summed E-state index contributed by atoms with van der Waals surface area (Å²) in [5.41, 5.74) is 0. The second-order valence-electron chi connectivity index (χ2n) is 3.38. The molecule has 0 spiro atoms. The molecular weight excluding hydrogens is 134 g/mol. The minimum atomic E-state index is 0.724. The second kappa shape index (κ2) is 6.41. The highest BCUT2D eigenvalue weighted by atomic mass is 15.0. The molecule has 0 saturated heterocycles. The standard InChI is InChI=1S/C10H21N/c1-5-7-10(6-2)8-9-11(3)4/h6,10H,2,5,7-9H2,1,3-4H3. The zero-order chi connectivity index (χ0) is 8.69. The van der Waals surface area contributed by atoms with Gasteiger partial charge in [0.1, 0.15) is 0 Å². The fourth-order valence-electron chi connectivity index (χ4n) is 1.17. The summed E-state index contributed by atoms with van der Waals surface area (Å²) in [5, 5.41) is 0. The smallest absolute Gasteiger partial charge is 0.00192 e. The summed E-state index contributed by atoms with van der Waals surface area (Å²) >= 11 is 0. The van der Waals surface area contributed by atoms with E-state index in [1.807, 2.05) is 0 Å². The molecule has 0 aliphatic heterocycles. The van der Waals surface area contributed by atoms with E-state index in [0.29, 0.717) is 0 Å². The van der Waals surface area contributed by atoms with E-state index < -0.39 is 0 Å². The third kappa shape index (κ3) is 6.11. The molecule has 11 heavy (non-hydrogen) atoms. The molecule has 0 aliphatic rings. The molecule has 1 atom stereocenters. The van der Waals surface area contributed by atoms with Crippen molar-refractivity contribution in [1.29, 1.82) is 0 Å².